The van der Waals surface area contributed by atoms with E-state index >= 15 is 0 Å². The van der Waals surface area contributed by atoms with Gasteiger partial charge >= 0.3 is 0 Å². The molecule has 1 saturated carbocycles. The lowest BCUT2D eigenvalue weighted by molar-refractivity contribution is 1.04. The standard InChI is InChI=1S/C49H30S/c1-2-14-32(30(12-1)28-23-24-45-42(25-28)31-13-7-8-22-44(31)50-45)47-33-15-3-5-17-35(33)48(36-18-6-4-16-34(36)47)43-26-29-11-9-19-37-40-27-41(40)38-20-10-21-39(43)49(38)46(29)37/h1-26,40-41H,27H2/t40-,41?/m1/s1. The highest BCUT2D eigenvalue weighted by Gasteiger charge is 2.44. The van der Waals surface area contributed by atoms with Crippen molar-refractivity contribution in [2.45, 2.75) is 18.3 Å². The highest BCUT2D eigenvalue weighted by Crippen LogP contribution is 2.62. The van der Waals surface area contributed by atoms with Gasteiger partial charge in [-0.15, -0.1) is 11.3 Å². The fourth-order valence-corrected chi connectivity index (χ4v) is 10.7. The molecule has 0 radical (unpaired) electrons. The van der Waals surface area contributed by atoms with Gasteiger partial charge in [0.1, 0.15) is 0 Å². The van der Waals surface area contributed by atoms with Gasteiger partial charge in [-0.1, -0.05) is 133 Å². The lowest BCUT2D eigenvalue weighted by Crippen LogP contribution is -1.98. The van der Waals surface area contributed by atoms with E-state index < -0.39 is 0 Å². The van der Waals surface area contributed by atoms with Gasteiger partial charge in [0.2, 0.25) is 0 Å². The summed E-state index contributed by atoms with van der Waals surface area (Å²) in [5.74, 6) is 1.34. The van der Waals surface area contributed by atoms with Crippen LogP contribution in [0.4, 0.5) is 0 Å². The summed E-state index contributed by atoms with van der Waals surface area (Å²) in [5, 5.41) is 13.6. The molecule has 0 amide bonds. The largest absolute Gasteiger partial charge is 0.135 e. The van der Waals surface area contributed by atoms with E-state index in [2.05, 4.69) is 158 Å². The average molecular weight is 651 g/mol. The second-order valence-electron chi connectivity index (χ2n) is 14.3. The highest BCUT2D eigenvalue weighted by atomic mass is 32.1. The van der Waals surface area contributed by atoms with Gasteiger partial charge in [-0.25, -0.2) is 0 Å². The minimum atomic E-state index is 0.658. The number of hydrogen-bond donors (Lipinski definition) is 0. The maximum atomic E-state index is 2.50. The Morgan fingerprint density at radius 2 is 0.940 bits per heavy atom. The average Bonchev–Trinajstić information content (AvgIpc) is 3.91. The Labute approximate surface area is 293 Å². The number of thiophene rings is 1. The Bertz CT molecular complexity index is 3030. The zero-order valence-electron chi connectivity index (χ0n) is 27.3. The molecular formula is C49H30S. The quantitative estimate of drug-likeness (QED) is 0.132. The van der Waals surface area contributed by atoms with Crippen molar-refractivity contribution in [2.24, 2.45) is 0 Å². The second kappa shape index (κ2) is 9.91. The van der Waals surface area contributed by atoms with Crippen LogP contribution in [-0.2, 0) is 0 Å². The molecule has 0 saturated heterocycles. The summed E-state index contributed by atoms with van der Waals surface area (Å²) in [6.07, 6.45) is 1.28. The summed E-state index contributed by atoms with van der Waals surface area (Å²) >= 11 is 1.88. The van der Waals surface area contributed by atoms with E-state index in [1.165, 1.54) is 103 Å². The molecule has 2 aliphatic rings. The van der Waals surface area contributed by atoms with E-state index in [-0.39, 0.29) is 0 Å². The molecule has 10 aromatic rings. The molecular weight excluding hydrogens is 621 g/mol. The predicted molar refractivity (Wildman–Crippen MR) is 216 cm³/mol. The molecule has 50 heavy (non-hydrogen) atoms. The summed E-state index contributed by atoms with van der Waals surface area (Å²) in [6.45, 7) is 0. The maximum absolute atomic E-state index is 2.50. The van der Waals surface area contributed by atoms with Gasteiger partial charge in [0.05, 0.1) is 0 Å². The molecule has 0 aliphatic heterocycles. The van der Waals surface area contributed by atoms with Crippen LogP contribution in [0.25, 0.3) is 96.6 Å². The van der Waals surface area contributed by atoms with Crippen LogP contribution in [0, 0.1) is 0 Å². The first kappa shape index (κ1) is 27.1. The van der Waals surface area contributed by atoms with Gasteiger partial charge < -0.3 is 0 Å². The minimum Gasteiger partial charge on any atom is -0.135 e. The van der Waals surface area contributed by atoms with E-state index in [1.54, 1.807) is 11.1 Å². The highest BCUT2D eigenvalue weighted by molar-refractivity contribution is 7.25. The molecule has 12 rings (SSSR count). The molecule has 2 aliphatic carbocycles. The zero-order valence-corrected chi connectivity index (χ0v) is 28.1. The van der Waals surface area contributed by atoms with Gasteiger partial charge in [0, 0.05) is 20.2 Å². The molecule has 0 bridgehead atoms. The Kier molecular flexibility index (Phi) is 5.37. The molecule has 1 heteroatoms. The smallest absolute Gasteiger partial charge is 0.0355 e. The minimum absolute atomic E-state index is 0.658. The van der Waals surface area contributed by atoms with Crippen molar-refractivity contribution >= 4 is 74.6 Å². The molecule has 1 aromatic heterocycles. The summed E-state index contributed by atoms with van der Waals surface area (Å²) < 4.78 is 2.68. The second-order valence-corrected chi connectivity index (χ2v) is 15.4. The first-order valence-electron chi connectivity index (χ1n) is 17.7. The van der Waals surface area contributed by atoms with Gasteiger partial charge in [-0.05, 0) is 130 Å². The zero-order chi connectivity index (χ0) is 32.5. The van der Waals surface area contributed by atoms with Crippen LogP contribution in [0.3, 0.4) is 0 Å². The summed E-state index contributed by atoms with van der Waals surface area (Å²) in [6, 6.07) is 59.7. The van der Waals surface area contributed by atoms with Crippen LogP contribution in [0.2, 0.25) is 0 Å². The van der Waals surface area contributed by atoms with Crippen LogP contribution in [-0.4, -0.2) is 0 Å². The molecule has 2 atom stereocenters. The van der Waals surface area contributed by atoms with Crippen LogP contribution in [0.15, 0.2) is 158 Å². The normalized spacial score (nSPS) is 16.3. The number of rotatable bonds is 3. The Morgan fingerprint density at radius 3 is 1.68 bits per heavy atom. The number of benzene rings is 9. The topological polar surface area (TPSA) is 0 Å². The third-order valence-electron chi connectivity index (χ3n) is 11.7. The van der Waals surface area contributed by atoms with E-state index in [0.717, 1.165) is 0 Å². The monoisotopic (exact) mass is 650 g/mol. The van der Waals surface area contributed by atoms with Crippen molar-refractivity contribution in [3.63, 3.8) is 0 Å². The van der Waals surface area contributed by atoms with Gasteiger partial charge in [-0.2, -0.15) is 0 Å². The van der Waals surface area contributed by atoms with Crippen LogP contribution < -0.4 is 0 Å². The van der Waals surface area contributed by atoms with E-state index in [4.69, 9.17) is 0 Å². The molecule has 1 unspecified atom stereocenters. The third-order valence-corrected chi connectivity index (χ3v) is 12.9. The maximum Gasteiger partial charge on any atom is 0.0355 e. The summed E-state index contributed by atoms with van der Waals surface area (Å²) in [7, 11) is 0. The molecule has 232 valence electrons. The van der Waals surface area contributed by atoms with Crippen LogP contribution in [0.5, 0.6) is 0 Å². The van der Waals surface area contributed by atoms with Crippen molar-refractivity contribution < 1.29 is 0 Å². The number of fused-ring (bicyclic) bond motifs is 8. The Hall–Kier alpha value is -5.76. The van der Waals surface area contributed by atoms with Gasteiger partial charge in [-0.3, -0.25) is 0 Å². The molecule has 1 heterocycles. The Morgan fingerprint density at radius 1 is 0.380 bits per heavy atom. The predicted octanol–water partition coefficient (Wildman–Crippen LogP) is 14.3. The molecule has 9 aromatic carbocycles. The summed E-state index contributed by atoms with van der Waals surface area (Å²) in [5.41, 5.74) is 10.9. The lowest BCUT2D eigenvalue weighted by Gasteiger charge is -2.23. The number of hydrogen-bond acceptors (Lipinski definition) is 1. The fourth-order valence-electron chi connectivity index (χ4n) is 9.57. The van der Waals surface area contributed by atoms with E-state index in [0.29, 0.717) is 11.8 Å². The first-order chi connectivity index (χ1) is 24.8. The van der Waals surface area contributed by atoms with Gasteiger partial charge in [0.25, 0.3) is 0 Å². The van der Waals surface area contributed by atoms with Crippen molar-refractivity contribution in [3.8, 4) is 33.4 Å². The molecule has 0 N–H and O–H groups in total. The Balaban J connectivity index is 1.18. The summed E-state index contributed by atoms with van der Waals surface area (Å²) in [4.78, 5) is 0. The van der Waals surface area contributed by atoms with Crippen molar-refractivity contribution in [1.82, 2.24) is 0 Å². The van der Waals surface area contributed by atoms with Crippen LogP contribution >= 0.6 is 11.3 Å². The van der Waals surface area contributed by atoms with Crippen LogP contribution in [0.1, 0.15) is 29.4 Å². The van der Waals surface area contributed by atoms with E-state index in [1.807, 2.05) is 11.3 Å². The fraction of sp³-hybridized carbons (Fsp3) is 0.0612. The van der Waals surface area contributed by atoms with Crippen molar-refractivity contribution in [2.75, 3.05) is 0 Å². The van der Waals surface area contributed by atoms with E-state index in [9.17, 15) is 0 Å². The SMILES string of the molecule is c1ccc(-c2c3ccccc3c(-c3cc4cccc5c4c4c(cccc34)C3C[C@H]53)c3ccccc23)c(-c2ccc3sc4ccccc4c3c2)c1. The third kappa shape index (κ3) is 3.60. The molecule has 1 fully saturated rings. The first-order valence-corrected chi connectivity index (χ1v) is 18.6. The lowest BCUT2D eigenvalue weighted by atomic mass is 9.80. The van der Waals surface area contributed by atoms with Crippen molar-refractivity contribution in [3.05, 3.63) is 169 Å². The molecule has 0 nitrogen and oxygen atoms in total. The molecule has 0 spiro atoms. The van der Waals surface area contributed by atoms with Crippen molar-refractivity contribution in [1.29, 1.82) is 0 Å². The van der Waals surface area contributed by atoms with Gasteiger partial charge in [0.15, 0.2) is 0 Å².